The van der Waals surface area contributed by atoms with Crippen LogP contribution in [0.1, 0.15) is 5.56 Å². The fourth-order valence-corrected chi connectivity index (χ4v) is 0.483. The Morgan fingerprint density at radius 2 is 2.12 bits per heavy atom. The number of benzene rings is 1. The van der Waals surface area contributed by atoms with E-state index >= 15 is 0 Å². The van der Waals surface area contributed by atoms with Gasteiger partial charge in [-0.25, -0.2) is 0 Å². The van der Waals surface area contributed by atoms with E-state index in [9.17, 15) is 0 Å². The van der Waals surface area contributed by atoms with Gasteiger partial charge in [-0.2, -0.15) is 35.9 Å². The van der Waals surface area contributed by atoms with Gasteiger partial charge in [-0.15, -0.1) is 0 Å². The fraction of sp³-hybridized carbons (Fsp3) is 0.143. The average molecular weight is 232 g/mol. The molecule has 0 aliphatic carbocycles. The maximum absolute atomic E-state index is 3.03. The summed E-state index contributed by atoms with van der Waals surface area (Å²) in [7, 11) is 0. The molecule has 1 heteroatoms. The minimum atomic E-state index is 0. The normalized spacial score (nSPS) is 7.62. The van der Waals surface area contributed by atoms with Crippen molar-refractivity contribution in [3.8, 4) is 0 Å². The minimum absolute atomic E-state index is 0. The van der Waals surface area contributed by atoms with Gasteiger partial charge in [0.05, 0.1) is 0 Å². The topological polar surface area (TPSA) is 0 Å². The number of hydrogen-bond acceptors (Lipinski definition) is 0. The molecule has 8 heavy (non-hydrogen) atoms. The maximum atomic E-state index is 3.03. The van der Waals surface area contributed by atoms with Crippen molar-refractivity contribution in [2.45, 2.75) is 6.92 Å². The SMILES string of the molecule is Cc1[c-]cccc1.[Pr+3]. The first-order chi connectivity index (χ1) is 3.39. The van der Waals surface area contributed by atoms with Crippen LogP contribution in [0.4, 0.5) is 0 Å². The van der Waals surface area contributed by atoms with E-state index in [2.05, 4.69) is 6.07 Å². The molecule has 0 aliphatic rings. The van der Waals surface area contributed by atoms with Crippen LogP contribution in [0.15, 0.2) is 24.3 Å². The van der Waals surface area contributed by atoms with Crippen LogP contribution in [0.25, 0.3) is 0 Å². The van der Waals surface area contributed by atoms with Crippen molar-refractivity contribution >= 4 is 0 Å². The Labute approximate surface area is 83.3 Å². The van der Waals surface area contributed by atoms with Crippen molar-refractivity contribution in [1.29, 1.82) is 0 Å². The molecule has 0 bridgehead atoms. The largest absolute Gasteiger partial charge is 3.00 e. The van der Waals surface area contributed by atoms with Crippen molar-refractivity contribution in [2.75, 3.05) is 0 Å². The molecule has 0 fully saturated rings. The summed E-state index contributed by atoms with van der Waals surface area (Å²) in [5, 5.41) is 0. The van der Waals surface area contributed by atoms with Gasteiger partial charge in [0.2, 0.25) is 0 Å². The van der Waals surface area contributed by atoms with E-state index in [4.69, 9.17) is 0 Å². The van der Waals surface area contributed by atoms with Crippen molar-refractivity contribution < 1.29 is 41.3 Å². The standard InChI is InChI=1S/C7H7.Pr/c1-7-5-3-2-4-6-7;/h2-5H,1H3;/q-1;+3. The molecule has 0 saturated carbocycles. The molecule has 0 heterocycles. The third kappa shape index (κ3) is 2.79. The summed E-state index contributed by atoms with van der Waals surface area (Å²) in [5.41, 5.74) is 1.20. The number of rotatable bonds is 0. The Balaban J connectivity index is 0.000000490. The van der Waals surface area contributed by atoms with Crippen molar-refractivity contribution in [2.24, 2.45) is 0 Å². The molecule has 0 unspecified atom stereocenters. The van der Waals surface area contributed by atoms with E-state index in [1.165, 1.54) is 5.56 Å². The van der Waals surface area contributed by atoms with E-state index in [-0.39, 0.29) is 41.3 Å². The van der Waals surface area contributed by atoms with Crippen LogP contribution in [-0.4, -0.2) is 0 Å². The van der Waals surface area contributed by atoms with Crippen LogP contribution < -0.4 is 0 Å². The van der Waals surface area contributed by atoms with Crippen LogP contribution in [-0.2, 0) is 0 Å². The molecule has 0 spiro atoms. The maximum Gasteiger partial charge on any atom is 3.00 e. The number of aryl methyl sites for hydroxylation is 1. The summed E-state index contributed by atoms with van der Waals surface area (Å²) in [5.74, 6) is 0. The first-order valence-electron chi connectivity index (χ1n) is 2.33. The Kier molecular flexibility index (Phi) is 4.79. The molecular formula is C7H7Pr+2. The Hall–Kier alpha value is 0.584. The summed E-state index contributed by atoms with van der Waals surface area (Å²) in [4.78, 5) is 0. The van der Waals surface area contributed by atoms with Crippen molar-refractivity contribution in [1.82, 2.24) is 0 Å². The van der Waals surface area contributed by atoms with Gasteiger partial charge in [-0.05, 0) is 0 Å². The second kappa shape index (κ2) is 4.46. The number of hydrogen-bond donors (Lipinski definition) is 0. The van der Waals surface area contributed by atoms with Crippen LogP contribution in [0.2, 0.25) is 0 Å². The second-order valence-corrected chi connectivity index (χ2v) is 1.55. The predicted molar refractivity (Wildman–Crippen MR) is 30.0 cm³/mol. The van der Waals surface area contributed by atoms with Gasteiger partial charge in [0.1, 0.15) is 0 Å². The fourth-order valence-electron chi connectivity index (χ4n) is 0.483. The van der Waals surface area contributed by atoms with Crippen molar-refractivity contribution in [3.63, 3.8) is 0 Å². The van der Waals surface area contributed by atoms with Crippen molar-refractivity contribution in [3.05, 3.63) is 35.9 Å². The zero-order valence-corrected chi connectivity index (χ0v) is 8.59. The summed E-state index contributed by atoms with van der Waals surface area (Å²) in [6, 6.07) is 10.9. The third-order valence-electron chi connectivity index (χ3n) is 0.865. The first-order valence-corrected chi connectivity index (χ1v) is 2.33. The summed E-state index contributed by atoms with van der Waals surface area (Å²) in [6.07, 6.45) is 0. The summed E-state index contributed by atoms with van der Waals surface area (Å²) < 4.78 is 0. The van der Waals surface area contributed by atoms with Crippen LogP contribution in [0.5, 0.6) is 0 Å². The van der Waals surface area contributed by atoms with Crippen LogP contribution in [0, 0.1) is 54.3 Å². The monoisotopic (exact) mass is 232 g/mol. The molecule has 0 nitrogen and oxygen atoms in total. The third-order valence-corrected chi connectivity index (χ3v) is 0.865. The van der Waals surface area contributed by atoms with Gasteiger partial charge in [-0.3, -0.25) is 0 Å². The van der Waals surface area contributed by atoms with Crippen LogP contribution in [0.3, 0.4) is 0 Å². The molecule has 0 radical (unpaired) electrons. The average Bonchev–Trinajstić information content (AvgIpc) is 1.69. The molecule has 0 amide bonds. The zero-order chi connectivity index (χ0) is 5.11. The van der Waals surface area contributed by atoms with Gasteiger partial charge in [-0.1, -0.05) is 6.92 Å². The van der Waals surface area contributed by atoms with Gasteiger partial charge >= 0.3 is 41.3 Å². The van der Waals surface area contributed by atoms with E-state index in [0.717, 1.165) is 0 Å². The molecule has 36 valence electrons. The Bertz CT molecular complexity index is 134. The molecule has 0 aliphatic heterocycles. The summed E-state index contributed by atoms with van der Waals surface area (Å²) in [6.45, 7) is 2.03. The van der Waals surface area contributed by atoms with Gasteiger partial charge in [0, 0.05) is 0 Å². The zero-order valence-electron chi connectivity index (χ0n) is 4.89. The summed E-state index contributed by atoms with van der Waals surface area (Å²) >= 11 is 0. The van der Waals surface area contributed by atoms with E-state index in [1.54, 1.807) is 0 Å². The molecule has 0 aromatic heterocycles. The van der Waals surface area contributed by atoms with E-state index in [0.29, 0.717) is 0 Å². The Morgan fingerprint density at radius 3 is 2.38 bits per heavy atom. The van der Waals surface area contributed by atoms with Crippen LogP contribution >= 0.6 is 0 Å². The second-order valence-electron chi connectivity index (χ2n) is 1.55. The van der Waals surface area contributed by atoms with E-state index < -0.39 is 0 Å². The predicted octanol–water partition coefficient (Wildman–Crippen LogP) is 1.80. The minimum Gasteiger partial charge on any atom is -0.181 e. The quantitative estimate of drug-likeness (QED) is 0.598. The van der Waals surface area contributed by atoms with Gasteiger partial charge < -0.3 is 0 Å². The molecular weight excluding hydrogens is 225 g/mol. The molecule has 0 saturated heterocycles. The Morgan fingerprint density at radius 1 is 1.38 bits per heavy atom. The molecule has 1 aromatic rings. The van der Waals surface area contributed by atoms with Gasteiger partial charge in [0.25, 0.3) is 0 Å². The molecule has 1 aromatic carbocycles. The van der Waals surface area contributed by atoms with Gasteiger partial charge in [0.15, 0.2) is 0 Å². The smallest absolute Gasteiger partial charge is 0.181 e. The molecule has 0 atom stereocenters. The molecule has 1 rings (SSSR count). The first kappa shape index (κ1) is 8.58. The van der Waals surface area contributed by atoms with E-state index in [1.807, 2.05) is 31.2 Å². The molecule has 0 N–H and O–H groups in total.